The molecular weight excluding hydrogens is 264 g/mol. The molecule has 0 fully saturated rings. The summed E-state index contributed by atoms with van der Waals surface area (Å²) in [6, 6.07) is 0. The van der Waals surface area contributed by atoms with Gasteiger partial charge in [0.15, 0.2) is 0 Å². The van der Waals surface area contributed by atoms with Crippen LogP contribution in [0.4, 0.5) is 17.3 Å². The molecule has 7 heteroatoms. The van der Waals surface area contributed by atoms with Crippen LogP contribution < -0.4 is 5.73 Å². The minimum Gasteiger partial charge on any atom is -0.418 e. The zero-order valence-electron chi connectivity index (χ0n) is 12.4. The summed E-state index contributed by atoms with van der Waals surface area (Å²) in [5, 5.41) is 0.978. The van der Waals surface area contributed by atoms with Crippen LogP contribution in [0.3, 0.4) is 0 Å². The van der Waals surface area contributed by atoms with Crippen molar-refractivity contribution in [2.24, 2.45) is 0 Å². The Morgan fingerprint density at radius 2 is 1.17 bits per heavy atom. The van der Waals surface area contributed by atoms with Crippen LogP contribution >= 0.6 is 7.92 Å². The standard InChI is InChI=1S/C11H26NP.BF4/c1-10(2,3)13(9-7-8-12)11(4,5)6;2-1(3,4)5/h7-9,12H2,1-6H3;/q;-1/p+1. The van der Waals surface area contributed by atoms with Crippen LogP contribution in [-0.4, -0.2) is 30.3 Å². The molecule has 0 aliphatic carbocycles. The molecule has 0 amide bonds. The molecule has 0 aromatic rings. The van der Waals surface area contributed by atoms with Gasteiger partial charge in [-0.1, -0.05) is 49.5 Å². The Morgan fingerprint density at radius 3 is 1.33 bits per heavy atom. The first kappa shape index (κ1) is 20.5. The van der Waals surface area contributed by atoms with Gasteiger partial charge in [0, 0.05) is 6.42 Å². The molecular formula is C11H27BF4NP. The molecule has 0 unspecified atom stereocenters. The summed E-state index contributed by atoms with van der Waals surface area (Å²) < 4.78 is 39.0. The van der Waals surface area contributed by atoms with E-state index in [9.17, 15) is 17.3 Å². The Hall–Kier alpha value is 0.175. The monoisotopic (exact) mass is 291 g/mol. The molecule has 0 aliphatic heterocycles. The van der Waals surface area contributed by atoms with Crippen molar-refractivity contribution in [3.8, 4) is 0 Å². The van der Waals surface area contributed by atoms with Crippen LogP contribution in [0.25, 0.3) is 0 Å². The molecule has 0 saturated carbocycles. The second-order valence-corrected chi connectivity index (χ2v) is 10.2. The fraction of sp³-hybridized carbons (Fsp3) is 1.00. The van der Waals surface area contributed by atoms with Crippen molar-refractivity contribution in [1.82, 2.24) is 0 Å². The van der Waals surface area contributed by atoms with E-state index in [2.05, 4.69) is 47.3 Å². The number of hydrogen-bond donors (Lipinski definition) is 1. The van der Waals surface area contributed by atoms with Crippen molar-refractivity contribution in [1.29, 1.82) is 0 Å². The van der Waals surface area contributed by atoms with Crippen molar-refractivity contribution >= 4 is 15.2 Å². The zero-order valence-corrected chi connectivity index (χ0v) is 13.3. The van der Waals surface area contributed by atoms with Crippen molar-refractivity contribution < 1.29 is 23.0 Å². The first-order valence-electron chi connectivity index (χ1n) is 6.14. The highest BCUT2D eigenvalue weighted by atomic mass is 31.1. The maximum absolute atomic E-state index is 9.75. The molecule has 0 aromatic carbocycles. The van der Waals surface area contributed by atoms with Gasteiger partial charge in [0.25, 0.3) is 0 Å². The van der Waals surface area contributed by atoms with Crippen LogP contribution in [0, 0.1) is 0 Å². The normalized spacial score (nSPS) is 13.3. The van der Waals surface area contributed by atoms with Crippen LogP contribution in [0.5, 0.6) is 0 Å². The average molecular weight is 291 g/mol. The largest absolute Gasteiger partial charge is 0.673 e. The molecule has 0 rings (SSSR count). The molecule has 0 bridgehead atoms. The van der Waals surface area contributed by atoms with Crippen LogP contribution in [0.2, 0.25) is 0 Å². The van der Waals surface area contributed by atoms with Crippen LogP contribution in [0.1, 0.15) is 48.0 Å². The van der Waals surface area contributed by atoms with E-state index in [0.29, 0.717) is 10.3 Å². The second kappa shape index (κ2) is 7.69. The van der Waals surface area contributed by atoms with Gasteiger partial charge in [-0.2, -0.15) is 0 Å². The average Bonchev–Trinajstić information content (AvgIpc) is 1.95. The molecule has 112 valence electrons. The summed E-state index contributed by atoms with van der Waals surface area (Å²) in [5.41, 5.74) is 3.93. The van der Waals surface area contributed by atoms with E-state index in [-0.39, 0.29) is 7.92 Å². The van der Waals surface area contributed by atoms with Crippen molar-refractivity contribution in [3.63, 3.8) is 0 Å². The lowest BCUT2D eigenvalue weighted by molar-refractivity contribution is -0.367. The van der Waals surface area contributed by atoms with Gasteiger partial charge in [-0.3, -0.25) is 0 Å². The molecule has 18 heavy (non-hydrogen) atoms. The Labute approximate surface area is 110 Å². The van der Waals surface area contributed by atoms with Crippen LogP contribution in [0.15, 0.2) is 0 Å². The van der Waals surface area contributed by atoms with E-state index < -0.39 is 7.25 Å². The maximum Gasteiger partial charge on any atom is 0.673 e. The predicted molar refractivity (Wildman–Crippen MR) is 73.9 cm³/mol. The lowest BCUT2D eigenvalue weighted by Crippen LogP contribution is -2.50. The Balaban J connectivity index is 0. The highest BCUT2D eigenvalue weighted by Gasteiger charge is 2.33. The summed E-state index contributed by atoms with van der Waals surface area (Å²) >= 11 is 0. The molecule has 0 spiro atoms. The molecule has 0 atom stereocenters. The fourth-order valence-corrected chi connectivity index (χ4v) is 5.84. The van der Waals surface area contributed by atoms with Gasteiger partial charge in [0.2, 0.25) is 0 Å². The smallest absolute Gasteiger partial charge is 0.418 e. The first-order valence-corrected chi connectivity index (χ1v) is 7.66. The third-order valence-corrected chi connectivity index (χ3v) is 6.25. The molecule has 0 heterocycles. The van der Waals surface area contributed by atoms with E-state index in [1.165, 1.54) is 12.6 Å². The predicted octanol–water partition coefficient (Wildman–Crippen LogP) is 4.00. The molecule has 1 nitrogen and oxygen atoms in total. The summed E-state index contributed by atoms with van der Waals surface area (Å²) in [6.45, 7) is 15.4. The lowest BCUT2D eigenvalue weighted by Gasteiger charge is -2.41. The number of halogens is 4. The van der Waals surface area contributed by atoms with Crippen molar-refractivity contribution in [2.45, 2.75) is 58.3 Å². The van der Waals surface area contributed by atoms with Gasteiger partial charge in [0.05, 0.1) is 6.54 Å². The minimum atomic E-state index is -6.00. The Kier molecular flexibility index (Phi) is 8.75. The van der Waals surface area contributed by atoms with Gasteiger partial charge in [-0.05, 0) is 16.5 Å². The quantitative estimate of drug-likeness (QED) is 0.462. The maximum atomic E-state index is 9.75. The summed E-state index contributed by atoms with van der Waals surface area (Å²) in [7, 11) is -5.89. The molecule has 0 aromatic heterocycles. The number of hydrogen-bond acceptors (Lipinski definition) is 0. The molecule has 3 N–H and O–H groups in total. The highest BCUT2D eigenvalue weighted by molar-refractivity contribution is 7.60. The van der Waals surface area contributed by atoms with Crippen molar-refractivity contribution in [3.05, 3.63) is 0 Å². The Bertz CT molecular complexity index is 201. The minimum absolute atomic E-state index is 0.111. The second-order valence-electron chi connectivity index (χ2n) is 6.20. The third kappa shape index (κ3) is 14.2. The van der Waals surface area contributed by atoms with Gasteiger partial charge in [-0.15, -0.1) is 0 Å². The van der Waals surface area contributed by atoms with E-state index in [1.54, 1.807) is 0 Å². The van der Waals surface area contributed by atoms with Gasteiger partial charge in [-0.25, -0.2) is 0 Å². The Morgan fingerprint density at radius 1 is 0.889 bits per heavy atom. The topological polar surface area (TPSA) is 27.6 Å². The zero-order chi connectivity index (χ0) is 15.2. The summed E-state index contributed by atoms with van der Waals surface area (Å²) in [4.78, 5) is 0. The van der Waals surface area contributed by atoms with Gasteiger partial charge < -0.3 is 23.0 Å². The molecule has 0 radical (unpaired) electrons. The lowest BCUT2D eigenvalue weighted by atomic mass is 10.2. The van der Waals surface area contributed by atoms with Crippen molar-refractivity contribution in [2.75, 3.05) is 12.7 Å². The SMILES string of the molecule is CC(C)(C)P(CCC[NH3+])C(C)(C)C.F[B-](F)(F)F. The summed E-state index contributed by atoms with van der Waals surface area (Å²) in [6.07, 6.45) is 2.67. The molecule has 0 saturated heterocycles. The van der Waals surface area contributed by atoms with E-state index in [1.807, 2.05) is 0 Å². The number of quaternary nitrogens is 1. The van der Waals surface area contributed by atoms with Gasteiger partial charge >= 0.3 is 7.25 Å². The fourth-order valence-electron chi connectivity index (χ4n) is 1.95. The summed E-state index contributed by atoms with van der Waals surface area (Å²) in [5.74, 6) is 0. The highest BCUT2D eigenvalue weighted by Crippen LogP contribution is 2.59. The van der Waals surface area contributed by atoms with E-state index in [4.69, 9.17) is 0 Å². The van der Waals surface area contributed by atoms with Gasteiger partial charge in [0.1, 0.15) is 0 Å². The number of rotatable bonds is 3. The third-order valence-electron chi connectivity index (χ3n) is 2.25. The van der Waals surface area contributed by atoms with E-state index in [0.717, 1.165) is 6.54 Å². The van der Waals surface area contributed by atoms with E-state index >= 15 is 0 Å². The molecule has 0 aliphatic rings. The van der Waals surface area contributed by atoms with Crippen LogP contribution in [-0.2, 0) is 0 Å². The first-order chi connectivity index (χ1) is 7.69.